The first kappa shape index (κ1) is 20.8. The third-order valence-electron chi connectivity index (χ3n) is 4.93. The molecule has 156 valence electrons. The number of aliphatic imine (C=N–C) groups is 1. The molecule has 2 atom stereocenters. The second kappa shape index (κ2) is 10.6. The Balaban J connectivity index is 1.61. The Labute approximate surface area is 167 Å². The molecule has 0 spiro atoms. The SMILES string of the molecule is COCC(C)NC(=NCC1COCCO1)N1CCN(c2cc(C)ccn2)CC1. The van der Waals surface area contributed by atoms with Gasteiger partial charge in [-0.2, -0.15) is 0 Å². The first-order chi connectivity index (χ1) is 13.7. The zero-order chi connectivity index (χ0) is 19.8. The molecule has 0 aromatic carbocycles. The summed E-state index contributed by atoms with van der Waals surface area (Å²) >= 11 is 0. The van der Waals surface area contributed by atoms with Crippen molar-refractivity contribution in [3.8, 4) is 0 Å². The average molecular weight is 392 g/mol. The molecule has 2 aliphatic heterocycles. The highest BCUT2D eigenvalue weighted by Gasteiger charge is 2.23. The van der Waals surface area contributed by atoms with Gasteiger partial charge in [0.15, 0.2) is 5.96 Å². The molecular formula is C20H33N5O3. The molecule has 0 bridgehead atoms. The maximum absolute atomic E-state index is 5.73. The standard InChI is InChI=1S/C20H33N5O3/c1-16-4-5-21-19(12-16)24-6-8-25(9-7-24)20(23-17(2)14-26-3)22-13-18-15-27-10-11-28-18/h4-5,12,17-18H,6-11,13-15H2,1-3H3,(H,22,23). The minimum absolute atomic E-state index is 0.0288. The number of aryl methyl sites for hydroxylation is 1. The van der Waals surface area contributed by atoms with E-state index in [4.69, 9.17) is 19.2 Å². The summed E-state index contributed by atoms with van der Waals surface area (Å²) in [6.45, 7) is 11.0. The number of pyridine rings is 1. The Morgan fingerprint density at radius 1 is 1.36 bits per heavy atom. The number of anilines is 1. The van der Waals surface area contributed by atoms with E-state index < -0.39 is 0 Å². The molecule has 0 saturated carbocycles. The van der Waals surface area contributed by atoms with Crippen molar-refractivity contribution in [1.82, 2.24) is 15.2 Å². The van der Waals surface area contributed by atoms with E-state index in [2.05, 4.69) is 40.0 Å². The summed E-state index contributed by atoms with van der Waals surface area (Å²) in [5.41, 5.74) is 1.24. The molecule has 0 amide bonds. The Kier molecular flexibility index (Phi) is 7.88. The molecule has 2 aliphatic rings. The second-order valence-corrected chi connectivity index (χ2v) is 7.40. The largest absolute Gasteiger partial charge is 0.383 e. The lowest BCUT2D eigenvalue weighted by Crippen LogP contribution is -2.55. The van der Waals surface area contributed by atoms with Crippen molar-refractivity contribution in [1.29, 1.82) is 0 Å². The average Bonchev–Trinajstić information content (AvgIpc) is 2.72. The van der Waals surface area contributed by atoms with E-state index in [-0.39, 0.29) is 12.1 Å². The van der Waals surface area contributed by atoms with Crippen molar-refractivity contribution in [2.24, 2.45) is 4.99 Å². The van der Waals surface area contributed by atoms with Gasteiger partial charge in [-0.1, -0.05) is 0 Å². The van der Waals surface area contributed by atoms with Gasteiger partial charge in [0, 0.05) is 45.5 Å². The van der Waals surface area contributed by atoms with Crippen LogP contribution in [0.5, 0.6) is 0 Å². The highest BCUT2D eigenvalue weighted by Crippen LogP contribution is 2.15. The fourth-order valence-corrected chi connectivity index (χ4v) is 3.42. The van der Waals surface area contributed by atoms with Gasteiger partial charge in [-0.3, -0.25) is 4.99 Å². The van der Waals surface area contributed by atoms with Crippen LogP contribution in [0.3, 0.4) is 0 Å². The molecular weight excluding hydrogens is 358 g/mol. The van der Waals surface area contributed by atoms with Crippen molar-refractivity contribution in [3.05, 3.63) is 23.9 Å². The summed E-state index contributed by atoms with van der Waals surface area (Å²) in [6.07, 6.45) is 1.91. The van der Waals surface area contributed by atoms with E-state index in [0.717, 1.165) is 38.0 Å². The molecule has 1 N–H and O–H groups in total. The molecule has 0 aliphatic carbocycles. The van der Waals surface area contributed by atoms with Crippen LogP contribution in [0.25, 0.3) is 0 Å². The van der Waals surface area contributed by atoms with E-state index in [1.165, 1.54) is 5.56 Å². The summed E-state index contributed by atoms with van der Waals surface area (Å²) in [5, 5.41) is 3.51. The van der Waals surface area contributed by atoms with Crippen LogP contribution in [0.2, 0.25) is 0 Å². The molecule has 3 heterocycles. The highest BCUT2D eigenvalue weighted by molar-refractivity contribution is 5.80. The number of hydrogen-bond acceptors (Lipinski definition) is 6. The Hall–Kier alpha value is -1.90. The van der Waals surface area contributed by atoms with Crippen LogP contribution in [0, 0.1) is 6.92 Å². The maximum Gasteiger partial charge on any atom is 0.194 e. The van der Waals surface area contributed by atoms with Crippen LogP contribution in [0.15, 0.2) is 23.3 Å². The van der Waals surface area contributed by atoms with Crippen molar-refractivity contribution in [3.63, 3.8) is 0 Å². The number of piperazine rings is 1. The minimum atomic E-state index is 0.0288. The highest BCUT2D eigenvalue weighted by atomic mass is 16.6. The molecule has 1 aromatic heterocycles. The van der Waals surface area contributed by atoms with Crippen LogP contribution in [0.1, 0.15) is 12.5 Å². The van der Waals surface area contributed by atoms with Crippen molar-refractivity contribution in [2.75, 3.05) is 71.2 Å². The summed E-state index contributed by atoms with van der Waals surface area (Å²) in [4.78, 5) is 14.0. The van der Waals surface area contributed by atoms with Gasteiger partial charge in [-0.25, -0.2) is 4.98 Å². The number of hydrogen-bond donors (Lipinski definition) is 1. The van der Waals surface area contributed by atoms with Crippen LogP contribution < -0.4 is 10.2 Å². The van der Waals surface area contributed by atoms with E-state index in [1.807, 2.05) is 12.3 Å². The number of nitrogens with one attached hydrogen (secondary N) is 1. The lowest BCUT2D eigenvalue weighted by Gasteiger charge is -2.38. The molecule has 8 nitrogen and oxygen atoms in total. The molecule has 28 heavy (non-hydrogen) atoms. The number of methoxy groups -OCH3 is 1. The Morgan fingerprint density at radius 2 is 2.18 bits per heavy atom. The van der Waals surface area contributed by atoms with Crippen LogP contribution >= 0.6 is 0 Å². The Bertz CT molecular complexity index is 628. The molecule has 8 heteroatoms. The quantitative estimate of drug-likeness (QED) is 0.571. The fourth-order valence-electron chi connectivity index (χ4n) is 3.42. The van der Waals surface area contributed by atoms with E-state index >= 15 is 0 Å². The topological polar surface area (TPSA) is 71.5 Å². The number of nitrogens with zero attached hydrogens (tertiary/aromatic N) is 4. The van der Waals surface area contributed by atoms with Gasteiger partial charge in [0.25, 0.3) is 0 Å². The monoisotopic (exact) mass is 391 g/mol. The molecule has 2 unspecified atom stereocenters. The van der Waals surface area contributed by atoms with Crippen LogP contribution in [-0.4, -0.2) is 94.3 Å². The molecule has 0 radical (unpaired) electrons. The lowest BCUT2D eigenvalue weighted by atomic mass is 10.2. The summed E-state index contributed by atoms with van der Waals surface area (Å²) in [7, 11) is 1.72. The van der Waals surface area contributed by atoms with Gasteiger partial charge >= 0.3 is 0 Å². The third kappa shape index (κ3) is 6.05. The maximum atomic E-state index is 5.73. The van der Waals surface area contributed by atoms with E-state index in [9.17, 15) is 0 Å². The zero-order valence-corrected chi connectivity index (χ0v) is 17.3. The number of ether oxygens (including phenoxy) is 3. The number of rotatable bonds is 6. The molecule has 2 saturated heterocycles. The first-order valence-electron chi connectivity index (χ1n) is 10.1. The van der Waals surface area contributed by atoms with E-state index in [0.29, 0.717) is 33.0 Å². The van der Waals surface area contributed by atoms with Crippen molar-refractivity contribution >= 4 is 11.8 Å². The normalized spacial score (nSPS) is 22.2. The fraction of sp³-hybridized carbons (Fsp3) is 0.700. The van der Waals surface area contributed by atoms with Gasteiger partial charge in [-0.15, -0.1) is 0 Å². The molecule has 1 aromatic rings. The van der Waals surface area contributed by atoms with Gasteiger partial charge in [0.2, 0.25) is 0 Å². The van der Waals surface area contributed by atoms with Crippen molar-refractivity contribution < 1.29 is 14.2 Å². The van der Waals surface area contributed by atoms with Crippen LogP contribution in [0.4, 0.5) is 5.82 Å². The summed E-state index contributed by atoms with van der Waals surface area (Å²) in [6, 6.07) is 4.36. The van der Waals surface area contributed by atoms with Crippen molar-refractivity contribution in [2.45, 2.75) is 26.0 Å². The third-order valence-corrected chi connectivity index (χ3v) is 4.93. The Morgan fingerprint density at radius 3 is 2.86 bits per heavy atom. The van der Waals surface area contributed by atoms with Gasteiger partial charge < -0.3 is 29.3 Å². The lowest BCUT2D eigenvalue weighted by molar-refractivity contribution is -0.0833. The van der Waals surface area contributed by atoms with E-state index in [1.54, 1.807) is 7.11 Å². The number of aromatic nitrogens is 1. The van der Waals surface area contributed by atoms with Gasteiger partial charge in [-0.05, 0) is 31.5 Å². The molecule has 2 fully saturated rings. The predicted molar refractivity (Wildman–Crippen MR) is 110 cm³/mol. The second-order valence-electron chi connectivity index (χ2n) is 7.40. The van der Waals surface area contributed by atoms with Crippen LogP contribution in [-0.2, 0) is 14.2 Å². The minimum Gasteiger partial charge on any atom is -0.383 e. The smallest absolute Gasteiger partial charge is 0.194 e. The van der Waals surface area contributed by atoms with Gasteiger partial charge in [0.1, 0.15) is 11.9 Å². The summed E-state index contributed by atoms with van der Waals surface area (Å²) in [5.74, 6) is 1.96. The summed E-state index contributed by atoms with van der Waals surface area (Å²) < 4.78 is 16.5. The first-order valence-corrected chi connectivity index (χ1v) is 10.1. The predicted octanol–water partition coefficient (Wildman–Crippen LogP) is 0.908. The van der Waals surface area contributed by atoms with Gasteiger partial charge in [0.05, 0.1) is 33.0 Å². The number of guanidine groups is 1. The zero-order valence-electron chi connectivity index (χ0n) is 17.3. The molecule has 3 rings (SSSR count).